The first-order valence-electron chi connectivity index (χ1n) is 11.3. The van der Waals surface area contributed by atoms with Crippen LogP contribution in [0.3, 0.4) is 0 Å². The van der Waals surface area contributed by atoms with E-state index >= 15 is 0 Å². The molecule has 0 aromatic carbocycles. The summed E-state index contributed by atoms with van der Waals surface area (Å²) in [5, 5.41) is 0. The minimum Gasteiger partial charge on any atom is -0.382 e. The van der Waals surface area contributed by atoms with Crippen molar-refractivity contribution in [3.8, 4) is 12.3 Å². The number of phosphoric ester groups is 1. The molecule has 2 aromatic heterocycles. The molecule has 0 amide bonds. The highest BCUT2D eigenvalue weighted by molar-refractivity contribution is 7.46. The monoisotopic (exact) mass is 512 g/mol. The molecular weight excluding hydrogens is 479 g/mol. The number of terminal acetylenes is 1. The van der Waals surface area contributed by atoms with Gasteiger partial charge in [0.25, 0.3) is 0 Å². The average Bonchev–Trinajstić information content (AvgIpc) is 3.44. The number of nitrogen functional groups attached to an aromatic ring is 1. The van der Waals surface area contributed by atoms with Crippen molar-refractivity contribution in [1.29, 1.82) is 0 Å². The van der Waals surface area contributed by atoms with Crippen LogP contribution in [0.5, 0.6) is 0 Å². The van der Waals surface area contributed by atoms with Crippen LogP contribution in [-0.4, -0.2) is 84.5 Å². The zero-order chi connectivity index (χ0) is 26.0. The predicted molar refractivity (Wildman–Crippen MR) is 127 cm³/mol. The number of hydrogen-bond acceptors (Lipinski definition) is 10. The molecule has 0 unspecified atom stereocenters. The van der Waals surface area contributed by atoms with Gasteiger partial charge in [-0.25, -0.2) is 19.5 Å². The number of rotatable bonds is 7. The quantitative estimate of drug-likeness (QED) is 0.359. The van der Waals surface area contributed by atoms with Gasteiger partial charge in [-0.3, -0.25) is 9.09 Å². The van der Waals surface area contributed by atoms with Gasteiger partial charge in [0.05, 0.1) is 12.9 Å². The Kier molecular flexibility index (Phi) is 8.52. The maximum atomic E-state index is 11.1. The lowest BCUT2D eigenvalue weighted by Crippen LogP contribution is -2.32. The second-order valence-corrected chi connectivity index (χ2v) is 9.68. The molecule has 4 atom stereocenters. The number of nitrogens with zero attached hydrogens (tertiary/aromatic N) is 5. The second-order valence-electron chi connectivity index (χ2n) is 8.44. The van der Waals surface area contributed by atoms with E-state index in [4.69, 9.17) is 36.2 Å². The first kappa shape index (κ1) is 27.4. The molecule has 4 rings (SSSR count). The van der Waals surface area contributed by atoms with E-state index < -0.39 is 38.1 Å². The van der Waals surface area contributed by atoms with Crippen molar-refractivity contribution in [1.82, 2.24) is 24.4 Å². The third-order valence-corrected chi connectivity index (χ3v) is 6.21. The maximum absolute atomic E-state index is 11.1. The fourth-order valence-corrected chi connectivity index (χ4v) is 4.39. The zero-order valence-electron chi connectivity index (χ0n) is 20.5. The number of aromatic nitrogens is 4. The fraction of sp³-hybridized carbons (Fsp3) is 0.667. The number of phosphoric acid groups is 1. The molecule has 0 aliphatic carbocycles. The van der Waals surface area contributed by atoms with Gasteiger partial charge in [-0.05, 0) is 39.4 Å². The van der Waals surface area contributed by atoms with Crippen molar-refractivity contribution in [2.45, 2.75) is 64.9 Å². The van der Waals surface area contributed by atoms with E-state index in [9.17, 15) is 4.57 Å². The highest BCUT2D eigenvalue weighted by Crippen LogP contribution is 2.45. The molecule has 35 heavy (non-hydrogen) atoms. The molecule has 4 N–H and O–H groups in total. The van der Waals surface area contributed by atoms with Crippen LogP contribution in [0.25, 0.3) is 11.2 Å². The van der Waals surface area contributed by atoms with E-state index in [1.807, 2.05) is 0 Å². The summed E-state index contributed by atoms with van der Waals surface area (Å²) in [4.78, 5) is 32.8. The van der Waals surface area contributed by atoms with Crippen LogP contribution >= 0.6 is 7.82 Å². The van der Waals surface area contributed by atoms with Crippen LogP contribution in [0.4, 0.5) is 5.82 Å². The first-order chi connectivity index (χ1) is 16.4. The van der Waals surface area contributed by atoms with Crippen molar-refractivity contribution in [2.75, 3.05) is 32.0 Å². The van der Waals surface area contributed by atoms with Crippen molar-refractivity contribution in [3.05, 3.63) is 12.2 Å². The number of fused-ring (bicyclic) bond motifs is 2. The largest absolute Gasteiger partial charge is 0.469 e. The third-order valence-electron chi connectivity index (χ3n) is 5.73. The number of hydrogen-bond donors (Lipinski definition) is 3. The summed E-state index contributed by atoms with van der Waals surface area (Å²) in [6.07, 6.45) is 4.04. The van der Waals surface area contributed by atoms with Gasteiger partial charge < -0.3 is 34.6 Å². The van der Waals surface area contributed by atoms with Gasteiger partial charge in [-0.15, -0.1) is 6.42 Å². The molecule has 13 nitrogen and oxygen atoms in total. The highest BCUT2D eigenvalue weighted by atomic mass is 31.2. The summed E-state index contributed by atoms with van der Waals surface area (Å²) < 4.78 is 35.0. The minimum atomic E-state index is -4.68. The van der Waals surface area contributed by atoms with Crippen LogP contribution < -0.4 is 5.73 Å². The number of imidazole rings is 1. The van der Waals surface area contributed by atoms with Crippen LogP contribution in [0.2, 0.25) is 0 Å². The van der Waals surface area contributed by atoms with E-state index in [0.29, 0.717) is 11.2 Å². The Bertz CT molecular complexity index is 1100. The third kappa shape index (κ3) is 6.35. The summed E-state index contributed by atoms with van der Waals surface area (Å²) in [6.45, 7) is 13.2. The molecule has 0 radical (unpaired) electrons. The van der Waals surface area contributed by atoms with Gasteiger partial charge in [0, 0.05) is 0 Å². The van der Waals surface area contributed by atoms with Gasteiger partial charge in [-0.1, -0.05) is 20.8 Å². The minimum absolute atomic E-state index is 0.0894. The van der Waals surface area contributed by atoms with Crippen molar-refractivity contribution < 1.29 is 33.1 Å². The van der Waals surface area contributed by atoms with Gasteiger partial charge in [-0.2, -0.15) is 0 Å². The van der Waals surface area contributed by atoms with Gasteiger partial charge in [0.15, 0.2) is 23.5 Å². The number of nitrogens with two attached hydrogens (primary N) is 1. The lowest BCUT2D eigenvalue weighted by atomic mass is 10.1. The molecule has 0 spiro atoms. The summed E-state index contributed by atoms with van der Waals surface area (Å²) in [7, 11) is -4.68. The Labute approximate surface area is 204 Å². The molecular formula is C21H33N6O7P. The molecule has 0 bridgehead atoms. The SMILES string of the molecule is C#Cc1nc(N)c2ncn([C@@H]3O[C@H](COP(=O)(O)O)[C@H]4OC(C)(C)O[C@H]43)c2n1.CCN(CC)CC. The molecule has 2 aliphatic heterocycles. The molecule has 0 saturated carbocycles. The Morgan fingerprint density at radius 3 is 2.40 bits per heavy atom. The Hall–Kier alpha value is -2.14. The zero-order valence-corrected chi connectivity index (χ0v) is 21.4. The van der Waals surface area contributed by atoms with Crippen LogP contribution in [0.15, 0.2) is 6.33 Å². The van der Waals surface area contributed by atoms with Crippen molar-refractivity contribution in [2.24, 2.45) is 0 Å². The van der Waals surface area contributed by atoms with Crippen LogP contribution in [-0.2, 0) is 23.3 Å². The van der Waals surface area contributed by atoms with E-state index in [0.717, 1.165) is 0 Å². The molecule has 4 heterocycles. The van der Waals surface area contributed by atoms with E-state index in [1.54, 1.807) is 18.4 Å². The standard InChI is InChI=1S/C15H18N5O7P.C6H15N/c1-4-8-18-12(16)9-13(19-8)20(6-17-9)14-11-10(26-15(2,3)27-11)7(25-14)5-24-28(21,22)23;1-4-7(5-2)6-3/h1,6-7,10-11,14H,5H2,2-3H3,(H2,16,18,19)(H2,21,22,23);4-6H2,1-3H3/t7-,10-,11-,14-;/m1./s1. The summed E-state index contributed by atoms with van der Waals surface area (Å²) in [6, 6.07) is 0. The van der Waals surface area contributed by atoms with Crippen LogP contribution in [0.1, 0.15) is 46.7 Å². The molecule has 194 valence electrons. The lowest BCUT2D eigenvalue weighted by molar-refractivity contribution is -0.199. The average molecular weight is 513 g/mol. The maximum Gasteiger partial charge on any atom is 0.469 e. The van der Waals surface area contributed by atoms with Crippen molar-refractivity contribution >= 4 is 24.8 Å². The Morgan fingerprint density at radius 2 is 1.86 bits per heavy atom. The smallest absolute Gasteiger partial charge is 0.382 e. The Morgan fingerprint density at radius 1 is 1.23 bits per heavy atom. The van der Waals surface area contributed by atoms with Crippen molar-refractivity contribution in [3.63, 3.8) is 0 Å². The summed E-state index contributed by atoms with van der Waals surface area (Å²) in [5.74, 6) is 1.61. The van der Waals surface area contributed by atoms with Gasteiger partial charge in [0.2, 0.25) is 5.82 Å². The molecule has 2 saturated heterocycles. The first-order valence-corrected chi connectivity index (χ1v) is 12.9. The summed E-state index contributed by atoms with van der Waals surface area (Å²) in [5.41, 5.74) is 6.57. The van der Waals surface area contributed by atoms with Gasteiger partial charge >= 0.3 is 7.82 Å². The topological polar surface area (TPSA) is 167 Å². The highest BCUT2D eigenvalue weighted by Gasteiger charge is 2.56. The predicted octanol–water partition coefficient (Wildman–Crippen LogP) is 1.26. The second kappa shape index (κ2) is 10.9. The van der Waals surface area contributed by atoms with E-state index in [1.165, 1.54) is 26.0 Å². The Balaban J connectivity index is 0.000000429. The van der Waals surface area contributed by atoms with Gasteiger partial charge in [0.1, 0.15) is 23.8 Å². The fourth-order valence-electron chi connectivity index (χ4n) is 4.05. The molecule has 14 heteroatoms. The van der Waals surface area contributed by atoms with Crippen LogP contribution in [0, 0.1) is 12.3 Å². The normalized spacial score (nSPS) is 25.3. The van der Waals surface area contributed by atoms with E-state index in [-0.39, 0.29) is 18.2 Å². The number of ether oxygens (including phenoxy) is 3. The lowest BCUT2D eigenvalue weighted by Gasteiger charge is -2.24. The molecule has 2 aliphatic rings. The number of anilines is 1. The molecule has 2 fully saturated rings. The molecule has 2 aromatic rings. The van der Waals surface area contributed by atoms with E-state index in [2.05, 4.69) is 51.1 Å². The summed E-state index contributed by atoms with van der Waals surface area (Å²) >= 11 is 0.